The summed E-state index contributed by atoms with van der Waals surface area (Å²) in [5.74, 6) is 0. The van der Waals surface area contributed by atoms with Crippen LogP contribution in [-0.2, 0) is 5.54 Å². The molecule has 0 bridgehead atoms. The molecule has 0 radical (unpaired) electrons. The Morgan fingerprint density at radius 3 is 2.85 bits per heavy atom. The van der Waals surface area contributed by atoms with Crippen LogP contribution in [0.1, 0.15) is 20.8 Å². The van der Waals surface area contributed by atoms with Crippen LogP contribution in [0.15, 0.2) is 29.3 Å². The first-order chi connectivity index (χ1) is 6.09. The van der Waals surface area contributed by atoms with E-state index in [9.17, 15) is 0 Å². The Morgan fingerprint density at radius 1 is 1.38 bits per heavy atom. The topological polar surface area (TPSA) is 29.9 Å². The predicted octanol–water partition coefficient (Wildman–Crippen LogP) is 1.87. The molecule has 2 aromatic heterocycles. The number of hydrogen-bond donors (Lipinski definition) is 0. The SMILES string of the molecule is CC(C)(C)[n+]1cncc2ccoc21. The van der Waals surface area contributed by atoms with Crippen LogP contribution in [0.4, 0.5) is 0 Å². The van der Waals surface area contributed by atoms with E-state index in [1.54, 1.807) is 18.8 Å². The molecule has 0 aliphatic rings. The largest absolute Gasteiger partial charge is 0.430 e. The van der Waals surface area contributed by atoms with Gasteiger partial charge in [0, 0.05) is 0 Å². The normalized spacial score (nSPS) is 12.2. The van der Waals surface area contributed by atoms with E-state index in [-0.39, 0.29) is 5.54 Å². The summed E-state index contributed by atoms with van der Waals surface area (Å²) in [6.07, 6.45) is 5.29. The van der Waals surface area contributed by atoms with Gasteiger partial charge in [-0.1, -0.05) is 4.98 Å². The van der Waals surface area contributed by atoms with Crippen molar-refractivity contribution in [1.29, 1.82) is 0 Å². The first kappa shape index (κ1) is 8.23. The van der Waals surface area contributed by atoms with Crippen LogP contribution >= 0.6 is 0 Å². The molecule has 68 valence electrons. The van der Waals surface area contributed by atoms with E-state index in [4.69, 9.17) is 4.42 Å². The molecule has 2 aromatic rings. The summed E-state index contributed by atoms with van der Waals surface area (Å²) in [5, 5.41) is 1.04. The van der Waals surface area contributed by atoms with Gasteiger partial charge >= 0.3 is 5.71 Å². The molecule has 2 heterocycles. The smallest absolute Gasteiger partial charge is 0.300 e. The van der Waals surface area contributed by atoms with Gasteiger partial charge in [-0.05, 0) is 26.8 Å². The number of aromatic nitrogens is 2. The van der Waals surface area contributed by atoms with E-state index in [0.717, 1.165) is 11.1 Å². The molecule has 13 heavy (non-hydrogen) atoms. The Morgan fingerprint density at radius 2 is 2.15 bits per heavy atom. The second kappa shape index (κ2) is 2.55. The summed E-state index contributed by atoms with van der Waals surface area (Å²) < 4.78 is 7.43. The van der Waals surface area contributed by atoms with Crippen molar-refractivity contribution in [3.8, 4) is 0 Å². The Balaban J connectivity index is 2.75. The van der Waals surface area contributed by atoms with E-state index >= 15 is 0 Å². The van der Waals surface area contributed by atoms with Gasteiger partial charge in [0.25, 0.3) is 6.33 Å². The minimum absolute atomic E-state index is 0.00433. The van der Waals surface area contributed by atoms with E-state index < -0.39 is 0 Å². The lowest BCUT2D eigenvalue weighted by atomic mass is 10.1. The average Bonchev–Trinajstić information content (AvgIpc) is 2.48. The van der Waals surface area contributed by atoms with Crippen molar-refractivity contribution in [1.82, 2.24) is 4.98 Å². The maximum absolute atomic E-state index is 5.40. The molecular weight excluding hydrogens is 164 g/mol. The van der Waals surface area contributed by atoms with Crippen LogP contribution in [0, 0.1) is 0 Å². The van der Waals surface area contributed by atoms with Gasteiger partial charge in [0.1, 0.15) is 10.9 Å². The zero-order valence-electron chi connectivity index (χ0n) is 8.11. The highest BCUT2D eigenvalue weighted by Crippen LogP contribution is 2.13. The lowest BCUT2D eigenvalue weighted by molar-refractivity contribution is -0.738. The minimum atomic E-state index is 0.00433. The van der Waals surface area contributed by atoms with E-state index in [2.05, 4.69) is 25.8 Å². The maximum Gasteiger partial charge on any atom is 0.300 e. The van der Waals surface area contributed by atoms with Crippen molar-refractivity contribution in [2.45, 2.75) is 26.3 Å². The third-order valence-corrected chi connectivity index (χ3v) is 2.01. The standard InChI is InChI=1S/C10H13N2O/c1-10(2,3)12-7-11-6-8-4-5-13-9(8)12/h4-7H,1-3H3/q+1. The minimum Gasteiger partial charge on any atom is -0.430 e. The predicted molar refractivity (Wildman–Crippen MR) is 49.2 cm³/mol. The van der Waals surface area contributed by atoms with E-state index in [1.165, 1.54) is 0 Å². The summed E-state index contributed by atoms with van der Waals surface area (Å²) >= 11 is 0. The molecule has 0 N–H and O–H groups in total. The Hall–Kier alpha value is -1.38. The molecule has 3 heteroatoms. The Kier molecular flexibility index (Phi) is 1.62. The van der Waals surface area contributed by atoms with Gasteiger partial charge in [-0.25, -0.2) is 0 Å². The molecule has 0 atom stereocenters. The van der Waals surface area contributed by atoms with Gasteiger partial charge in [-0.3, -0.25) is 0 Å². The monoisotopic (exact) mass is 177 g/mol. The molecule has 0 saturated heterocycles. The molecular formula is C10H13N2O+. The first-order valence-corrected chi connectivity index (χ1v) is 4.32. The van der Waals surface area contributed by atoms with Crippen molar-refractivity contribution in [3.05, 3.63) is 24.9 Å². The molecule has 0 spiro atoms. The zero-order chi connectivity index (χ0) is 9.47. The highest BCUT2D eigenvalue weighted by molar-refractivity contribution is 5.68. The van der Waals surface area contributed by atoms with Crippen molar-refractivity contribution in [3.63, 3.8) is 0 Å². The summed E-state index contributed by atoms with van der Waals surface area (Å²) in [6, 6.07) is 1.92. The van der Waals surface area contributed by atoms with E-state index in [0.29, 0.717) is 0 Å². The number of hydrogen-bond acceptors (Lipinski definition) is 2. The van der Waals surface area contributed by atoms with Gasteiger partial charge in [0.05, 0.1) is 6.26 Å². The first-order valence-electron chi connectivity index (χ1n) is 4.32. The molecule has 0 saturated carbocycles. The molecule has 0 amide bonds. The van der Waals surface area contributed by atoms with Crippen LogP contribution in [0.5, 0.6) is 0 Å². The van der Waals surface area contributed by atoms with Crippen LogP contribution in [0.3, 0.4) is 0 Å². The van der Waals surface area contributed by atoms with Crippen molar-refractivity contribution in [2.24, 2.45) is 0 Å². The summed E-state index contributed by atoms with van der Waals surface area (Å²) in [6.45, 7) is 6.36. The van der Waals surface area contributed by atoms with Gasteiger partial charge in [-0.15, -0.1) is 0 Å². The summed E-state index contributed by atoms with van der Waals surface area (Å²) in [5.41, 5.74) is 0.882. The van der Waals surface area contributed by atoms with Crippen molar-refractivity contribution >= 4 is 11.1 Å². The van der Waals surface area contributed by atoms with Crippen LogP contribution in [0.2, 0.25) is 0 Å². The lowest BCUT2D eigenvalue weighted by Crippen LogP contribution is -2.50. The number of rotatable bonds is 0. The second-order valence-electron chi connectivity index (χ2n) is 4.12. The van der Waals surface area contributed by atoms with Gasteiger partial charge in [0.15, 0.2) is 6.20 Å². The highest BCUT2D eigenvalue weighted by atomic mass is 16.3. The van der Waals surface area contributed by atoms with Crippen LogP contribution in [-0.4, -0.2) is 4.98 Å². The van der Waals surface area contributed by atoms with Gasteiger partial charge in [-0.2, -0.15) is 4.57 Å². The Labute approximate surface area is 77.0 Å². The molecule has 3 nitrogen and oxygen atoms in total. The summed E-state index contributed by atoms with van der Waals surface area (Å²) in [7, 11) is 0. The highest BCUT2D eigenvalue weighted by Gasteiger charge is 2.22. The summed E-state index contributed by atoms with van der Waals surface area (Å²) in [4.78, 5) is 4.15. The molecule has 0 unspecified atom stereocenters. The number of furan rings is 1. The fourth-order valence-electron chi connectivity index (χ4n) is 1.32. The Bertz CT molecular complexity index is 426. The number of nitrogens with zero attached hydrogens (tertiary/aromatic N) is 2. The quantitative estimate of drug-likeness (QED) is 0.575. The average molecular weight is 177 g/mol. The molecule has 0 aliphatic carbocycles. The lowest BCUT2D eigenvalue weighted by Gasteiger charge is -2.15. The van der Waals surface area contributed by atoms with Gasteiger partial charge in [0.2, 0.25) is 0 Å². The second-order valence-corrected chi connectivity index (χ2v) is 4.12. The van der Waals surface area contributed by atoms with Crippen molar-refractivity contribution in [2.75, 3.05) is 0 Å². The zero-order valence-corrected chi connectivity index (χ0v) is 8.11. The van der Waals surface area contributed by atoms with Gasteiger partial charge < -0.3 is 4.42 Å². The van der Waals surface area contributed by atoms with Crippen molar-refractivity contribution < 1.29 is 8.98 Å². The fourth-order valence-corrected chi connectivity index (χ4v) is 1.32. The van der Waals surface area contributed by atoms with Crippen LogP contribution in [0.25, 0.3) is 11.1 Å². The molecule has 2 rings (SSSR count). The molecule has 0 fully saturated rings. The number of fused-ring (bicyclic) bond motifs is 1. The third kappa shape index (κ3) is 1.30. The third-order valence-electron chi connectivity index (χ3n) is 2.01. The molecule has 0 aliphatic heterocycles. The molecule has 0 aromatic carbocycles. The maximum atomic E-state index is 5.40. The fraction of sp³-hybridized carbons (Fsp3) is 0.400. The van der Waals surface area contributed by atoms with Crippen LogP contribution < -0.4 is 4.57 Å². The van der Waals surface area contributed by atoms with E-state index in [1.807, 2.05) is 10.6 Å².